The molecule has 0 aliphatic heterocycles. The lowest BCUT2D eigenvalue weighted by Crippen LogP contribution is -2.13. The third-order valence-electron chi connectivity index (χ3n) is 3.09. The van der Waals surface area contributed by atoms with Gasteiger partial charge in [0.15, 0.2) is 0 Å². The lowest BCUT2D eigenvalue weighted by atomic mass is 10.1. The van der Waals surface area contributed by atoms with Crippen molar-refractivity contribution in [1.29, 1.82) is 0 Å². The van der Waals surface area contributed by atoms with Gasteiger partial charge in [-0.1, -0.05) is 12.1 Å². The fourth-order valence-electron chi connectivity index (χ4n) is 2.00. The van der Waals surface area contributed by atoms with Crippen molar-refractivity contribution in [3.63, 3.8) is 0 Å². The van der Waals surface area contributed by atoms with Crippen LogP contribution in [0.5, 0.6) is 11.5 Å². The second kappa shape index (κ2) is 5.63. The Bertz CT molecular complexity index is 570. The highest BCUT2D eigenvalue weighted by atomic mass is 16.5. The molecule has 4 nitrogen and oxygen atoms in total. The summed E-state index contributed by atoms with van der Waals surface area (Å²) >= 11 is 0. The molecule has 2 aromatic rings. The number of phenols is 1. The Morgan fingerprint density at radius 2 is 2.00 bits per heavy atom. The first kappa shape index (κ1) is 13.2. The largest absolute Gasteiger partial charge is 0.508 e. The zero-order valence-corrected chi connectivity index (χ0v) is 11.1. The average Bonchev–Trinajstić information content (AvgIpc) is 2.45. The molecule has 2 aromatic carbocycles. The molecule has 0 spiro atoms. The number of hydrogen-bond acceptors (Lipinski definition) is 4. The molecule has 0 aliphatic carbocycles. The van der Waals surface area contributed by atoms with Crippen molar-refractivity contribution in [2.24, 2.45) is 5.73 Å². The molecule has 0 radical (unpaired) electrons. The van der Waals surface area contributed by atoms with Crippen LogP contribution >= 0.6 is 0 Å². The number of rotatable bonds is 4. The SMILES string of the molecule is COc1ccc(CN)c(N(C)c2cccc(O)c2)c1. The first-order valence-corrected chi connectivity index (χ1v) is 6.05. The van der Waals surface area contributed by atoms with Crippen molar-refractivity contribution in [3.05, 3.63) is 48.0 Å². The fourth-order valence-corrected chi connectivity index (χ4v) is 2.00. The number of benzene rings is 2. The molecule has 2 rings (SSSR count). The van der Waals surface area contributed by atoms with Gasteiger partial charge in [0, 0.05) is 37.1 Å². The number of anilines is 2. The summed E-state index contributed by atoms with van der Waals surface area (Å²) in [4.78, 5) is 1.98. The number of hydrogen-bond donors (Lipinski definition) is 2. The van der Waals surface area contributed by atoms with E-state index < -0.39 is 0 Å². The number of ether oxygens (including phenoxy) is 1. The smallest absolute Gasteiger partial charge is 0.120 e. The fraction of sp³-hybridized carbons (Fsp3) is 0.200. The van der Waals surface area contributed by atoms with Crippen molar-refractivity contribution in [1.82, 2.24) is 0 Å². The molecular formula is C15H18N2O2. The van der Waals surface area contributed by atoms with Gasteiger partial charge in [-0.3, -0.25) is 0 Å². The van der Waals surface area contributed by atoms with Crippen molar-refractivity contribution < 1.29 is 9.84 Å². The van der Waals surface area contributed by atoms with Crippen LogP contribution in [-0.2, 0) is 6.54 Å². The van der Waals surface area contributed by atoms with Gasteiger partial charge in [0.1, 0.15) is 11.5 Å². The second-order valence-corrected chi connectivity index (χ2v) is 4.28. The van der Waals surface area contributed by atoms with Crippen molar-refractivity contribution in [2.45, 2.75) is 6.54 Å². The summed E-state index contributed by atoms with van der Waals surface area (Å²) in [6, 6.07) is 12.9. The molecule has 0 unspecified atom stereocenters. The van der Waals surface area contributed by atoms with Crippen LogP contribution in [0.1, 0.15) is 5.56 Å². The van der Waals surface area contributed by atoms with Gasteiger partial charge in [0.05, 0.1) is 7.11 Å². The van der Waals surface area contributed by atoms with Gasteiger partial charge in [0.2, 0.25) is 0 Å². The Morgan fingerprint density at radius 3 is 2.63 bits per heavy atom. The minimum Gasteiger partial charge on any atom is -0.508 e. The standard InChI is InChI=1S/C15H18N2O2/c1-17(12-4-3-5-13(18)8-12)15-9-14(19-2)7-6-11(15)10-16/h3-9,18H,10,16H2,1-2H3. The molecule has 0 aromatic heterocycles. The number of methoxy groups -OCH3 is 1. The Labute approximate surface area is 113 Å². The van der Waals surface area contributed by atoms with E-state index in [0.717, 1.165) is 22.7 Å². The highest BCUT2D eigenvalue weighted by molar-refractivity contribution is 5.68. The lowest BCUT2D eigenvalue weighted by Gasteiger charge is -2.23. The van der Waals surface area contributed by atoms with Gasteiger partial charge in [-0.15, -0.1) is 0 Å². The first-order valence-electron chi connectivity index (χ1n) is 6.05. The summed E-state index contributed by atoms with van der Waals surface area (Å²) in [5.41, 5.74) is 8.65. The van der Waals surface area contributed by atoms with Gasteiger partial charge >= 0.3 is 0 Å². The highest BCUT2D eigenvalue weighted by Crippen LogP contribution is 2.31. The van der Waals surface area contributed by atoms with E-state index in [2.05, 4.69) is 0 Å². The van der Waals surface area contributed by atoms with Crippen LogP contribution < -0.4 is 15.4 Å². The zero-order chi connectivity index (χ0) is 13.8. The van der Waals surface area contributed by atoms with Crippen molar-refractivity contribution >= 4 is 11.4 Å². The third-order valence-corrected chi connectivity index (χ3v) is 3.09. The van der Waals surface area contributed by atoms with Crippen LogP contribution in [0.2, 0.25) is 0 Å². The first-order chi connectivity index (χ1) is 9.15. The van der Waals surface area contributed by atoms with Crippen LogP contribution in [-0.4, -0.2) is 19.3 Å². The molecule has 0 bridgehead atoms. The van der Waals surface area contributed by atoms with Crippen molar-refractivity contribution in [3.8, 4) is 11.5 Å². The Kier molecular flexibility index (Phi) is 3.92. The normalized spacial score (nSPS) is 10.3. The maximum absolute atomic E-state index is 9.56. The molecule has 100 valence electrons. The van der Waals surface area contributed by atoms with Gasteiger partial charge < -0.3 is 20.5 Å². The molecule has 0 aliphatic rings. The Balaban J connectivity index is 2.44. The quantitative estimate of drug-likeness (QED) is 0.885. The van der Waals surface area contributed by atoms with Crippen LogP contribution in [0.3, 0.4) is 0 Å². The molecule has 0 saturated heterocycles. The van der Waals surface area contributed by atoms with Crippen LogP contribution in [0.25, 0.3) is 0 Å². The van der Waals surface area contributed by atoms with E-state index in [9.17, 15) is 5.11 Å². The van der Waals surface area contributed by atoms with E-state index in [1.807, 2.05) is 42.3 Å². The summed E-state index contributed by atoms with van der Waals surface area (Å²) < 4.78 is 5.25. The van der Waals surface area contributed by atoms with E-state index in [0.29, 0.717) is 6.54 Å². The predicted molar refractivity (Wildman–Crippen MR) is 77.1 cm³/mol. The Morgan fingerprint density at radius 1 is 1.21 bits per heavy atom. The predicted octanol–water partition coefficient (Wildman–Crippen LogP) is 2.63. The number of nitrogens with zero attached hydrogens (tertiary/aromatic N) is 1. The van der Waals surface area contributed by atoms with E-state index in [1.54, 1.807) is 19.2 Å². The number of phenolic OH excluding ortho intramolecular Hbond substituents is 1. The average molecular weight is 258 g/mol. The molecule has 3 N–H and O–H groups in total. The third kappa shape index (κ3) is 2.80. The summed E-state index contributed by atoms with van der Waals surface area (Å²) in [5.74, 6) is 1.01. The monoisotopic (exact) mass is 258 g/mol. The van der Waals surface area contributed by atoms with E-state index in [4.69, 9.17) is 10.5 Å². The second-order valence-electron chi connectivity index (χ2n) is 4.28. The minimum atomic E-state index is 0.238. The summed E-state index contributed by atoms with van der Waals surface area (Å²) in [6.07, 6.45) is 0. The van der Waals surface area contributed by atoms with Crippen LogP contribution in [0.4, 0.5) is 11.4 Å². The minimum absolute atomic E-state index is 0.238. The van der Waals surface area contributed by atoms with Crippen molar-refractivity contribution in [2.75, 3.05) is 19.1 Å². The maximum Gasteiger partial charge on any atom is 0.120 e. The Hall–Kier alpha value is -2.20. The number of nitrogens with two attached hydrogens (primary N) is 1. The zero-order valence-electron chi connectivity index (χ0n) is 11.1. The maximum atomic E-state index is 9.56. The highest BCUT2D eigenvalue weighted by Gasteiger charge is 2.10. The van der Waals surface area contributed by atoms with Gasteiger partial charge in [-0.25, -0.2) is 0 Å². The summed E-state index contributed by atoms with van der Waals surface area (Å²) in [5, 5.41) is 9.56. The van der Waals surface area contributed by atoms with E-state index in [1.165, 1.54) is 0 Å². The van der Waals surface area contributed by atoms with E-state index >= 15 is 0 Å². The summed E-state index contributed by atoms with van der Waals surface area (Å²) in [7, 11) is 3.57. The number of aromatic hydroxyl groups is 1. The van der Waals surface area contributed by atoms with Gasteiger partial charge in [0.25, 0.3) is 0 Å². The molecule has 19 heavy (non-hydrogen) atoms. The topological polar surface area (TPSA) is 58.7 Å². The molecular weight excluding hydrogens is 240 g/mol. The lowest BCUT2D eigenvalue weighted by molar-refractivity contribution is 0.415. The molecule has 4 heteroatoms. The van der Waals surface area contributed by atoms with E-state index in [-0.39, 0.29) is 5.75 Å². The molecule has 0 atom stereocenters. The van der Waals surface area contributed by atoms with Crippen LogP contribution in [0, 0.1) is 0 Å². The summed E-state index contributed by atoms with van der Waals surface area (Å²) in [6.45, 7) is 0.447. The molecule has 0 fully saturated rings. The van der Waals surface area contributed by atoms with Crippen LogP contribution in [0.15, 0.2) is 42.5 Å². The molecule has 0 heterocycles. The van der Waals surface area contributed by atoms with Gasteiger partial charge in [-0.2, -0.15) is 0 Å². The molecule has 0 saturated carbocycles. The molecule has 0 amide bonds. The van der Waals surface area contributed by atoms with Gasteiger partial charge in [-0.05, 0) is 23.8 Å².